The number of likely N-dealkylation sites (N-methyl/N-ethyl adjacent to an activating group) is 1. The highest BCUT2D eigenvalue weighted by Crippen LogP contribution is 2.12. The van der Waals surface area contributed by atoms with Gasteiger partial charge in [-0.15, -0.1) is 0 Å². The number of carbonyl (C=O) groups is 2. The smallest absolute Gasteiger partial charge is 0.308 e. The maximum absolute atomic E-state index is 11.9. The lowest BCUT2D eigenvalue weighted by molar-refractivity contribution is -0.873. The lowest BCUT2D eigenvalue weighted by Gasteiger charge is -2.29. The molecule has 0 aliphatic rings. The van der Waals surface area contributed by atoms with E-state index in [1.165, 1.54) is 25.7 Å². The summed E-state index contributed by atoms with van der Waals surface area (Å²) in [7, 11) is 5.68. The second kappa shape index (κ2) is 13.1. The van der Waals surface area contributed by atoms with Crippen LogP contribution in [0.1, 0.15) is 71.1 Å². The largest absolute Gasteiger partial charge is 0.550 e. The van der Waals surface area contributed by atoms with E-state index in [1.807, 2.05) is 21.1 Å². The Balaban J connectivity index is 4.04. The minimum absolute atomic E-state index is 0.0868. The van der Waals surface area contributed by atoms with Crippen molar-refractivity contribution in [2.24, 2.45) is 0 Å². The highest BCUT2D eigenvalue weighted by molar-refractivity contribution is 5.71. The summed E-state index contributed by atoms with van der Waals surface area (Å²) in [6.45, 7) is 2.57. The molecule has 0 fully saturated rings. The molecule has 0 heterocycles. The second-order valence-corrected chi connectivity index (χ2v) is 7.93. The van der Waals surface area contributed by atoms with Crippen LogP contribution in [0.25, 0.3) is 0 Å². The average Bonchev–Trinajstić information content (AvgIpc) is 2.43. The monoisotopic (exact) mass is 359 g/mol. The standard InChI is InChI=1S/C19H37NO5/c1-5-6-7-8-9-10-11-12-16(21)13-19(24)25-17(14-18(22)23)15-20(2,3)4/h16-17,21H,5-15H2,1-4H3/t16-,17-/m1/s1. The Kier molecular flexibility index (Phi) is 12.5. The molecule has 0 saturated heterocycles. The van der Waals surface area contributed by atoms with E-state index in [0.717, 1.165) is 19.3 Å². The zero-order valence-corrected chi connectivity index (χ0v) is 16.5. The lowest BCUT2D eigenvalue weighted by Crippen LogP contribution is -2.45. The molecule has 2 atom stereocenters. The summed E-state index contributed by atoms with van der Waals surface area (Å²) in [5, 5.41) is 20.8. The molecule has 0 amide bonds. The lowest BCUT2D eigenvalue weighted by atomic mass is 10.0. The quantitative estimate of drug-likeness (QED) is 0.273. The molecule has 0 radical (unpaired) electrons. The SMILES string of the molecule is CCCCCCCCC[C@@H](O)CC(=O)O[C@H](CC(=O)[O-])C[N+](C)(C)C. The zero-order chi connectivity index (χ0) is 19.3. The first-order chi connectivity index (χ1) is 11.6. The van der Waals surface area contributed by atoms with E-state index < -0.39 is 24.1 Å². The van der Waals surface area contributed by atoms with Crippen LogP contribution < -0.4 is 5.11 Å². The van der Waals surface area contributed by atoms with E-state index >= 15 is 0 Å². The van der Waals surface area contributed by atoms with Gasteiger partial charge in [0.05, 0.1) is 33.7 Å². The van der Waals surface area contributed by atoms with Crippen LogP contribution in [0.15, 0.2) is 0 Å². The Morgan fingerprint density at radius 2 is 1.56 bits per heavy atom. The van der Waals surface area contributed by atoms with E-state index in [4.69, 9.17) is 4.74 Å². The van der Waals surface area contributed by atoms with E-state index in [1.54, 1.807) is 0 Å². The van der Waals surface area contributed by atoms with Gasteiger partial charge in [-0.3, -0.25) is 4.79 Å². The fourth-order valence-electron chi connectivity index (χ4n) is 2.81. The van der Waals surface area contributed by atoms with Gasteiger partial charge in [0.25, 0.3) is 0 Å². The van der Waals surface area contributed by atoms with Crippen molar-refractivity contribution in [3.05, 3.63) is 0 Å². The van der Waals surface area contributed by atoms with Gasteiger partial charge in [-0.05, 0) is 6.42 Å². The molecule has 1 N–H and O–H groups in total. The van der Waals surface area contributed by atoms with Gasteiger partial charge in [-0.2, -0.15) is 0 Å². The molecular formula is C19H37NO5. The van der Waals surface area contributed by atoms with Crippen LogP contribution >= 0.6 is 0 Å². The molecule has 0 unspecified atom stereocenters. The Bertz CT molecular complexity index is 379. The number of aliphatic hydroxyl groups is 1. The van der Waals surface area contributed by atoms with Gasteiger partial charge >= 0.3 is 5.97 Å². The number of carbonyl (C=O) groups excluding carboxylic acids is 2. The second-order valence-electron chi connectivity index (χ2n) is 7.93. The fourth-order valence-corrected chi connectivity index (χ4v) is 2.81. The number of aliphatic hydroxyl groups excluding tert-OH is 1. The van der Waals surface area contributed by atoms with Crippen molar-refractivity contribution in [2.75, 3.05) is 27.7 Å². The first-order valence-corrected chi connectivity index (χ1v) is 9.52. The van der Waals surface area contributed by atoms with Crippen molar-refractivity contribution in [2.45, 2.75) is 83.3 Å². The molecule has 6 nitrogen and oxygen atoms in total. The van der Waals surface area contributed by atoms with Gasteiger partial charge in [0.1, 0.15) is 6.54 Å². The predicted molar refractivity (Wildman–Crippen MR) is 95.6 cm³/mol. The molecule has 0 aromatic rings. The van der Waals surface area contributed by atoms with Gasteiger partial charge in [-0.25, -0.2) is 0 Å². The molecule has 6 heteroatoms. The van der Waals surface area contributed by atoms with Crippen molar-refractivity contribution in [1.29, 1.82) is 0 Å². The molecular weight excluding hydrogens is 322 g/mol. The minimum atomic E-state index is -1.24. The van der Waals surface area contributed by atoms with Gasteiger partial charge in [0, 0.05) is 12.4 Å². The van der Waals surface area contributed by atoms with Gasteiger partial charge < -0.3 is 24.2 Å². The first-order valence-electron chi connectivity index (χ1n) is 9.52. The number of quaternary nitrogens is 1. The van der Waals surface area contributed by atoms with Gasteiger partial charge in [-0.1, -0.05) is 51.9 Å². The highest BCUT2D eigenvalue weighted by Gasteiger charge is 2.23. The Morgan fingerprint density at radius 1 is 1.00 bits per heavy atom. The van der Waals surface area contributed by atoms with Crippen LogP contribution in [0.2, 0.25) is 0 Å². The molecule has 0 aliphatic carbocycles. The van der Waals surface area contributed by atoms with Gasteiger partial charge in [0.2, 0.25) is 0 Å². The number of rotatable bonds is 15. The van der Waals surface area contributed by atoms with Crippen molar-refractivity contribution >= 4 is 11.9 Å². The maximum atomic E-state index is 11.9. The summed E-state index contributed by atoms with van der Waals surface area (Å²) in [5.41, 5.74) is 0. The molecule has 0 aliphatic heterocycles. The average molecular weight is 360 g/mol. The third-order valence-electron chi connectivity index (χ3n) is 3.99. The van der Waals surface area contributed by atoms with Crippen LogP contribution in [0.3, 0.4) is 0 Å². The molecule has 0 aromatic heterocycles. The molecule has 0 bridgehead atoms. The summed E-state index contributed by atoms with van der Waals surface area (Å²) >= 11 is 0. The highest BCUT2D eigenvalue weighted by atomic mass is 16.5. The van der Waals surface area contributed by atoms with E-state index in [9.17, 15) is 19.8 Å². The summed E-state index contributed by atoms with van der Waals surface area (Å²) in [6.07, 6.45) is 6.80. The number of ether oxygens (including phenoxy) is 1. The first kappa shape index (κ1) is 23.9. The zero-order valence-electron chi connectivity index (χ0n) is 16.5. The van der Waals surface area contributed by atoms with Crippen molar-refractivity contribution in [3.63, 3.8) is 0 Å². The van der Waals surface area contributed by atoms with Crippen molar-refractivity contribution < 1.29 is 29.0 Å². The van der Waals surface area contributed by atoms with E-state index in [-0.39, 0.29) is 12.8 Å². The topological polar surface area (TPSA) is 86.7 Å². The van der Waals surface area contributed by atoms with Crippen LogP contribution in [-0.2, 0) is 14.3 Å². The molecule has 148 valence electrons. The van der Waals surface area contributed by atoms with E-state index in [0.29, 0.717) is 17.4 Å². The minimum Gasteiger partial charge on any atom is -0.550 e. The van der Waals surface area contributed by atoms with Crippen molar-refractivity contribution in [1.82, 2.24) is 0 Å². The van der Waals surface area contributed by atoms with Crippen LogP contribution in [0.4, 0.5) is 0 Å². The Labute approximate surface area is 152 Å². The normalized spacial score (nSPS) is 14.1. The molecule has 25 heavy (non-hydrogen) atoms. The van der Waals surface area contributed by atoms with Crippen molar-refractivity contribution in [3.8, 4) is 0 Å². The number of nitrogens with zero attached hydrogens (tertiary/aromatic N) is 1. The number of carboxylic acids is 1. The molecule has 0 aromatic carbocycles. The third-order valence-corrected chi connectivity index (χ3v) is 3.99. The van der Waals surface area contributed by atoms with Gasteiger partial charge in [0.15, 0.2) is 6.10 Å². The summed E-state index contributed by atoms with van der Waals surface area (Å²) < 4.78 is 5.72. The summed E-state index contributed by atoms with van der Waals surface area (Å²) in [6, 6.07) is 0. The number of esters is 1. The molecule has 0 rings (SSSR count). The maximum Gasteiger partial charge on any atom is 0.308 e. The third kappa shape index (κ3) is 16.1. The number of aliphatic carboxylic acids is 1. The predicted octanol–water partition coefficient (Wildman–Crippen LogP) is 1.64. The summed E-state index contributed by atoms with van der Waals surface area (Å²) in [4.78, 5) is 22.7. The van der Waals surface area contributed by atoms with E-state index in [2.05, 4.69) is 6.92 Å². The van der Waals surface area contributed by atoms with Crippen LogP contribution in [0.5, 0.6) is 0 Å². The number of hydrogen-bond acceptors (Lipinski definition) is 5. The van der Waals surface area contributed by atoms with Crippen LogP contribution in [0, 0.1) is 0 Å². The molecule has 0 saturated carbocycles. The fraction of sp³-hybridized carbons (Fsp3) is 0.895. The molecule has 0 spiro atoms. The number of hydrogen-bond donors (Lipinski definition) is 1. The number of carboxylic acid groups (broad SMARTS) is 1. The Hall–Kier alpha value is -1.14. The Morgan fingerprint density at radius 3 is 2.08 bits per heavy atom. The van der Waals surface area contributed by atoms with Crippen LogP contribution in [-0.4, -0.2) is 61.4 Å². The summed E-state index contributed by atoms with van der Waals surface area (Å²) in [5.74, 6) is -1.79. The number of unbranched alkanes of at least 4 members (excludes halogenated alkanes) is 6.